The Morgan fingerprint density at radius 3 is 2.41 bits per heavy atom. The third kappa shape index (κ3) is 6.09. The molecule has 1 aromatic heterocycles. The Balaban J connectivity index is 2.41. The Labute approximate surface area is 174 Å². The van der Waals surface area contributed by atoms with Gasteiger partial charge in [0.25, 0.3) is 11.5 Å². The van der Waals surface area contributed by atoms with Crippen LogP contribution in [0, 0.1) is 0 Å². The zero-order chi connectivity index (χ0) is 21.4. The molecule has 0 radical (unpaired) electrons. The van der Waals surface area contributed by atoms with Gasteiger partial charge in [-0.05, 0) is 50.3 Å². The van der Waals surface area contributed by atoms with Crippen LogP contribution in [0.1, 0.15) is 83.0 Å². The second-order valence-electron chi connectivity index (χ2n) is 8.44. The molecule has 0 spiro atoms. The number of ether oxygens (including phenoxy) is 1. The van der Waals surface area contributed by atoms with Gasteiger partial charge in [0.2, 0.25) is 0 Å². The number of benzene rings is 1. The summed E-state index contributed by atoms with van der Waals surface area (Å²) in [6, 6.07) is 7.36. The van der Waals surface area contributed by atoms with Crippen LogP contribution in [-0.4, -0.2) is 23.1 Å². The summed E-state index contributed by atoms with van der Waals surface area (Å²) in [4.78, 5) is 26.2. The van der Waals surface area contributed by atoms with Gasteiger partial charge in [0.1, 0.15) is 11.3 Å². The molecule has 0 bridgehead atoms. The maximum absolute atomic E-state index is 13.2. The van der Waals surface area contributed by atoms with E-state index in [0.717, 1.165) is 55.8 Å². The van der Waals surface area contributed by atoms with E-state index in [2.05, 4.69) is 19.2 Å². The number of unbranched alkanes of at least 4 members (excludes halogenated alkanes) is 4. The van der Waals surface area contributed by atoms with Crippen LogP contribution in [0.3, 0.4) is 0 Å². The minimum absolute atomic E-state index is 0.211. The van der Waals surface area contributed by atoms with Crippen LogP contribution in [0.25, 0.3) is 10.9 Å². The molecule has 2 aromatic rings. The van der Waals surface area contributed by atoms with Crippen molar-refractivity contribution < 1.29 is 9.53 Å². The predicted octanol–water partition coefficient (Wildman–Crippen LogP) is 5.29. The lowest BCUT2D eigenvalue weighted by atomic mass is 9.96. The number of aromatic nitrogens is 1. The van der Waals surface area contributed by atoms with Gasteiger partial charge >= 0.3 is 0 Å². The summed E-state index contributed by atoms with van der Waals surface area (Å²) in [7, 11) is 1.61. The molecule has 1 heterocycles. The molecule has 5 nitrogen and oxygen atoms in total. The van der Waals surface area contributed by atoms with Crippen LogP contribution in [-0.2, 0) is 6.54 Å². The molecule has 2 rings (SSSR count). The number of nitrogens with one attached hydrogen (secondary N) is 1. The van der Waals surface area contributed by atoms with Crippen LogP contribution in [0.5, 0.6) is 5.75 Å². The number of carbonyl (C=O) groups is 1. The molecule has 5 heteroatoms. The number of rotatable bonds is 11. The van der Waals surface area contributed by atoms with Crippen molar-refractivity contribution in [3.63, 3.8) is 0 Å². The molecule has 0 aliphatic carbocycles. The summed E-state index contributed by atoms with van der Waals surface area (Å²) in [5.41, 5.74) is 0.441. The Bertz CT molecular complexity index is 884. The molecule has 0 unspecified atom stereocenters. The monoisotopic (exact) mass is 400 g/mol. The molecular weight excluding hydrogens is 364 g/mol. The minimum Gasteiger partial charge on any atom is -0.497 e. The average molecular weight is 401 g/mol. The predicted molar refractivity (Wildman–Crippen MR) is 120 cm³/mol. The van der Waals surface area contributed by atoms with Crippen LogP contribution in [0.4, 0.5) is 0 Å². The molecule has 160 valence electrons. The minimum atomic E-state index is -0.347. The molecule has 0 saturated heterocycles. The summed E-state index contributed by atoms with van der Waals surface area (Å²) < 4.78 is 7.07. The molecule has 1 amide bonds. The molecule has 0 aliphatic rings. The fraction of sp³-hybridized carbons (Fsp3) is 0.583. The number of aryl methyl sites for hydroxylation is 1. The van der Waals surface area contributed by atoms with E-state index in [1.54, 1.807) is 17.7 Å². The third-order valence-electron chi connectivity index (χ3n) is 5.39. The first-order valence-electron chi connectivity index (χ1n) is 10.9. The van der Waals surface area contributed by atoms with Crippen molar-refractivity contribution in [1.29, 1.82) is 0 Å². The number of carbonyl (C=O) groups excluding carboxylic acids is 1. The van der Waals surface area contributed by atoms with Crippen molar-refractivity contribution in [2.24, 2.45) is 0 Å². The summed E-state index contributed by atoms with van der Waals surface area (Å²) in [5, 5.41) is 3.95. The maximum Gasteiger partial charge on any atom is 0.263 e. The second kappa shape index (κ2) is 10.5. The first-order chi connectivity index (χ1) is 13.8. The van der Waals surface area contributed by atoms with Crippen LogP contribution in [0.15, 0.2) is 29.1 Å². The van der Waals surface area contributed by atoms with Crippen molar-refractivity contribution in [3.05, 3.63) is 40.2 Å². The number of amides is 1. The highest BCUT2D eigenvalue weighted by molar-refractivity contribution is 5.98. The fourth-order valence-electron chi connectivity index (χ4n) is 3.64. The molecule has 0 atom stereocenters. The number of hydrogen-bond acceptors (Lipinski definition) is 3. The van der Waals surface area contributed by atoms with E-state index in [1.807, 2.05) is 32.0 Å². The van der Waals surface area contributed by atoms with Crippen LogP contribution >= 0.6 is 0 Å². The summed E-state index contributed by atoms with van der Waals surface area (Å²) in [5.74, 6) is 0.411. The van der Waals surface area contributed by atoms with Gasteiger partial charge < -0.3 is 14.6 Å². The van der Waals surface area contributed by atoms with Crippen LogP contribution < -0.4 is 15.6 Å². The third-order valence-corrected chi connectivity index (χ3v) is 5.39. The molecule has 0 aliphatic heterocycles. The number of pyridine rings is 1. The molecule has 0 saturated carbocycles. The first-order valence-corrected chi connectivity index (χ1v) is 10.9. The van der Waals surface area contributed by atoms with Crippen molar-refractivity contribution in [1.82, 2.24) is 9.88 Å². The molecule has 1 N–H and O–H groups in total. The maximum atomic E-state index is 13.2. The number of fused-ring (bicyclic) bond motifs is 1. The van der Waals surface area contributed by atoms with Gasteiger partial charge in [0, 0.05) is 18.2 Å². The van der Waals surface area contributed by atoms with Crippen molar-refractivity contribution >= 4 is 16.8 Å². The Morgan fingerprint density at radius 2 is 1.76 bits per heavy atom. The molecule has 29 heavy (non-hydrogen) atoms. The average Bonchev–Trinajstić information content (AvgIpc) is 2.68. The van der Waals surface area contributed by atoms with Gasteiger partial charge in [0.15, 0.2) is 0 Å². The van der Waals surface area contributed by atoms with Gasteiger partial charge in [-0.1, -0.05) is 46.0 Å². The van der Waals surface area contributed by atoms with Gasteiger partial charge in [-0.3, -0.25) is 9.59 Å². The number of nitrogens with zero attached hydrogens (tertiary/aromatic N) is 1. The fourth-order valence-corrected chi connectivity index (χ4v) is 3.64. The lowest BCUT2D eigenvalue weighted by Crippen LogP contribution is -2.45. The summed E-state index contributed by atoms with van der Waals surface area (Å²) in [6.07, 6.45) is 7.24. The Morgan fingerprint density at radius 1 is 1.07 bits per heavy atom. The summed E-state index contributed by atoms with van der Waals surface area (Å²) in [6.45, 7) is 8.93. The van der Waals surface area contributed by atoms with Crippen molar-refractivity contribution in [3.8, 4) is 5.75 Å². The second-order valence-corrected chi connectivity index (χ2v) is 8.44. The van der Waals surface area contributed by atoms with E-state index >= 15 is 0 Å². The highest BCUT2D eigenvalue weighted by atomic mass is 16.5. The largest absolute Gasteiger partial charge is 0.497 e. The van der Waals surface area contributed by atoms with E-state index in [4.69, 9.17) is 4.74 Å². The lowest BCUT2D eigenvalue weighted by Gasteiger charge is -2.26. The van der Waals surface area contributed by atoms with Crippen molar-refractivity contribution in [2.75, 3.05) is 7.11 Å². The van der Waals surface area contributed by atoms with E-state index in [-0.39, 0.29) is 22.6 Å². The smallest absolute Gasteiger partial charge is 0.263 e. The van der Waals surface area contributed by atoms with Gasteiger partial charge in [-0.2, -0.15) is 0 Å². The zero-order valence-corrected chi connectivity index (χ0v) is 18.6. The highest BCUT2D eigenvalue weighted by Crippen LogP contribution is 2.22. The normalized spacial score (nSPS) is 11.6. The topological polar surface area (TPSA) is 60.3 Å². The standard InChI is InChI=1S/C24H36N2O3/c1-6-8-10-14-24(3,4)25-22(27)20-16-18-12-13-19(29-5)17-21(18)26(23(20)28)15-11-9-7-2/h12-13,16-17H,6-11,14-15H2,1-5H3,(H,25,27). The molecular formula is C24H36N2O3. The first kappa shape index (κ1) is 23.0. The summed E-state index contributed by atoms with van der Waals surface area (Å²) >= 11 is 0. The lowest BCUT2D eigenvalue weighted by molar-refractivity contribution is 0.0906. The van der Waals surface area contributed by atoms with E-state index in [1.165, 1.54) is 0 Å². The van der Waals surface area contributed by atoms with Crippen molar-refractivity contribution in [2.45, 2.75) is 84.7 Å². The van der Waals surface area contributed by atoms with E-state index in [0.29, 0.717) is 12.3 Å². The van der Waals surface area contributed by atoms with Gasteiger partial charge in [-0.25, -0.2) is 0 Å². The van der Waals surface area contributed by atoms with Crippen LogP contribution in [0.2, 0.25) is 0 Å². The Kier molecular flexibility index (Phi) is 8.30. The zero-order valence-electron chi connectivity index (χ0n) is 18.6. The molecule has 0 fully saturated rings. The molecule has 1 aromatic carbocycles. The Hall–Kier alpha value is -2.30. The highest BCUT2D eigenvalue weighted by Gasteiger charge is 2.23. The number of methoxy groups -OCH3 is 1. The number of hydrogen-bond donors (Lipinski definition) is 1. The van der Waals surface area contributed by atoms with Gasteiger partial charge in [-0.15, -0.1) is 0 Å². The van der Waals surface area contributed by atoms with E-state index in [9.17, 15) is 9.59 Å². The SMILES string of the molecule is CCCCCn1c(=O)c(C(=O)NC(C)(C)CCCCC)cc2ccc(OC)cc21. The van der Waals surface area contributed by atoms with E-state index < -0.39 is 0 Å². The van der Waals surface area contributed by atoms with Gasteiger partial charge in [0.05, 0.1) is 12.6 Å². The quantitative estimate of drug-likeness (QED) is 0.521.